The molecule has 0 amide bonds. The zero-order valence-corrected chi connectivity index (χ0v) is 9.20. The van der Waals surface area contributed by atoms with Crippen LogP contribution in [-0.2, 0) is 19.0 Å². The minimum Gasteiger partial charge on any atom is -0.403 e. The van der Waals surface area contributed by atoms with E-state index in [4.69, 9.17) is 19.0 Å². The molecule has 2 aliphatic rings. The molecule has 2 fully saturated rings. The van der Waals surface area contributed by atoms with Gasteiger partial charge in [-0.05, 0) is 27.7 Å². The van der Waals surface area contributed by atoms with Crippen LogP contribution in [0.5, 0.6) is 0 Å². The van der Waals surface area contributed by atoms with Gasteiger partial charge in [0, 0.05) is 5.72 Å². The third kappa shape index (κ3) is 1.60. The Balaban J connectivity index is 2.05. The Bertz CT molecular complexity index is 209. The average molecular weight is 198 g/mol. The van der Waals surface area contributed by atoms with E-state index in [-0.39, 0.29) is 24.0 Å². The standard InChI is InChI=1S/C8H16B2O4/c1-7(2)8(3,4)13-10(12-7)6-5-11-14-9-6/h6,9H,5H2,1-4H3. The van der Waals surface area contributed by atoms with Gasteiger partial charge >= 0.3 is 14.6 Å². The lowest BCUT2D eigenvalue weighted by atomic mass is 9.57. The first-order valence-electron chi connectivity index (χ1n) is 5.02. The van der Waals surface area contributed by atoms with Crippen molar-refractivity contribution in [2.75, 3.05) is 6.61 Å². The van der Waals surface area contributed by atoms with E-state index in [0.29, 0.717) is 14.1 Å². The van der Waals surface area contributed by atoms with Crippen LogP contribution in [0.3, 0.4) is 0 Å². The van der Waals surface area contributed by atoms with Crippen molar-refractivity contribution in [2.24, 2.45) is 0 Å². The van der Waals surface area contributed by atoms with Gasteiger partial charge in [0.25, 0.3) is 0 Å². The van der Waals surface area contributed by atoms with E-state index in [0.717, 1.165) is 0 Å². The largest absolute Gasteiger partial charge is 0.458 e. The van der Waals surface area contributed by atoms with Gasteiger partial charge in [-0.1, -0.05) is 0 Å². The van der Waals surface area contributed by atoms with E-state index < -0.39 is 0 Å². The Hall–Kier alpha value is -0.0301. The fourth-order valence-corrected chi connectivity index (χ4v) is 1.56. The first kappa shape index (κ1) is 10.5. The summed E-state index contributed by atoms with van der Waals surface area (Å²) in [5.41, 5.74) is -0.336. The first-order valence-corrected chi connectivity index (χ1v) is 5.02. The maximum atomic E-state index is 5.87. The monoisotopic (exact) mass is 198 g/mol. The van der Waals surface area contributed by atoms with Crippen LogP contribution in [0.25, 0.3) is 0 Å². The maximum Gasteiger partial charge on any atom is 0.458 e. The van der Waals surface area contributed by atoms with Crippen molar-refractivity contribution >= 4 is 14.6 Å². The molecule has 0 aliphatic carbocycles. The second-order valence-corrected chi connectivity index (χ2v) is 4.95. The predicted octanol–water partition coefficient (Wildman–Crippen LogP) is 0.720. The van der Waals surface area contributed by atoms with E-state index in [2.05, 4.69) is 0 Å². The highest BCUT2D eigenvalue weighted by Crippen LogP contribution is 2.40. The van der Waals surface area contributed by atoms with Crippen LogP contribution in [0.1, 0.15) is 27.7 Å². The molecule has 0 aromatic carbocycles. The molecule has 1 unspecified atom stereocenters. The van der Waals surface area contributed by atoms with E-state index in [1.807, 2.05) is 27.7 Å². The molecular formula is C8H16B2O4. The normalized spacial score (nSPS) is 34.6. The fourth-order valence-electron chi connectivity index (χ4n) is 1.56. The molecule has 0 aromatic heterocycles. The van der Waals surface area contributed by atoms with Crippen molar-refractivity contribution < 1.29 is 19.0 Å². The Kier molecular flexibility index (Phi) is 2.42. The lowest BCUT2D eigenvalue weighted by molar-refractivity contribution is -0.182. The summed E-state index contributed by atoms with van der Waals surface area (Å²) >= 11 is 0. The zero-order chi connectivity index (χ0) is 10.4. The summed E-state index contributed by atoms with van der Waals surface area (Å²) in [4.78, 5) is 9.69. The Morgan fingerprint density at radius 3 is 2.14 bits per heavy atom. The molecule has 1 atom stereocenters. The molecule has 0 bridgehead atoms. The highest BCUT2D eigenvalue weighted by molar-refractivity contribution is 6.62. The summed E-state index contributed by atoms with van der Waals surface area (Å²) in [6.07, 6.45) is 0. The van der Waals surface area contributed by atoms with Gasteiger partial charge in [-0.25, -0.2) is 0 Å². The lowest BCUT2D eigenvalue weighted by Gasteiger charge is -2.32. The van der Waals surface area contributed by atoms with Crippen LogP contribution >= 0.6 is 0 Å². The topological polar surface area (TPSA) is 36.9 Å². The first-order chi connectivity index (χ1) is 6.42. The third-order valence-electron chi connectivity index (χ3n) is 3.30. The van der Waals surface area contributed by atoms with Crippen molar-refractivity contribution in [3.05, 3.63) is 0 Å². The van der Waals surface area contributed by atoms with Gasteiger partial charge in [-0.2, -0.15) is 0 Å². The van der Waals surface area contributed by atoms with Crippen LogP contribution in [0, 0.1) is 0 Å². The second-order valence-electron chi connectivity index (χ2n) is 4.95. The van der Waals surface area contributed by atoms with E-state index >= 15 is 0 Å². The molecule has 0 spiro atoms. The molecule has 0 N–H and O–H groups in total. The number of rotatable bonds is 1. The van der Waals surface area contributed by atoms with Crippen molar-refractivity contribution in [3.63, 3.8) is 0 Å². The summed E-state index contributed by atoms with van der Waals surface area (Å²) in [6.45, 7) is 8.73. The summed E-state index contributed by atoms with van der Waals surface area (Å²) in [5, 5.41) is 0. The van der Waals surface area contributed by atoms with Gasteiger partial charge < -0.3 is 14.1 Å². The molecule has 2 rings (SSSR count). The van der Waals surface area contributed by atoms with Crippen LogP contribution in [0.15, 0.2) is 0 Å². The number of hydrogen-bond acceptors (Lipinski definition) is 4. The molecule has 2 aliphatic heterocycles. The van der Waals surface area contributed by atoms with Gasteiger partial charge in [-0.15, -0.1) is 0 Å². The van der Waals surface area contributed by atoms with Gasteiger partial charge in [0.1, 0.15) is 0 Å². The van der Waals surface area contributed by atoms with E-state index in [9.17, 15) is 0 Å². The zero-order valence-electron chi connectivity index (χ0n) is 9.20. The van der Waals surface area contributed by atoms with Crippen molar-refractivity contribution in [3.8, 4) is 0 Å². The Labute approximate surface area is 85.6 Å². The third-order valence-corrected chi connectivity index (χ3v) is 3.30. The second kappa shape index (κ2) is 3.23. The molecule has 4 nitrogen and oxygen atoms in total. The molecule has 14 heavy (non-hydrogen) atoms. The van der Waals surface area contributed by atoms with Crippen LogP contribution in [0.4, 0.5) is 0 Å². The van der Waals surface area contributed by atoms with Crippen molar-refractivity contribution in [2.45, 2.75) is 44.6 Å². The molecule has 2 saturated heterocycles. The maximum absolute atomic E-state index is 5.87. The van der Waals surface area contributed by atoms with E-state index in [1.165, 1.54) is 0 Å². The molecule has 78 valence electrons. The summed E-state index contributed by atoms with van der Waals surface area (Å²) in [5.74, 6) is 0. The minimum absolute atomic E-state index is 0.191. The quantitative estimate of drug-likeness (QED) is 0.459. The molecule has 0 saturated carbocycles. The number of hydrogen-bond donors (Lipinski definition) is 0. The highest BCUT2D eigenvalue weighted by Gasteiger charge is 2.54. The SMILES string of the molecule is CC1(C)OB(C2BOOC2)OC1(C)C. The van der Waals surface area contributed by atoms with Crippen LogP contribution in [-0.4, -0.2) is 32.4 Å². The lowest BCUT2D eigenvalue weighted by Crippen LogP contribution is -2.41. The Morgan fingerprint density at radius 2 is 1.71 bits per heavy atom. The summed E-state index contributed by atoms with van der Waals surface area (Å²) < 4.78 is 11.7. The molecule has 0 radical (unpaired) electrons. The van der Waals surface area contributed by atoms with Crippen LogP contribution < -0.4 is 0 Å². The van der Waals surface area contributed by atoms with Gasteiger partial charge in [0.15, 0.2) is 0 Å². The Morgan fingerprint density at radius 1 is 1.14 bits per heavy atom. The fraction of sp³-hybridized carbons (Fsp3) is 1.00. The van der Waals surface area contributed by atoms with E-state index in [1.54, 1.807) is 0 Å². The minimum atomic E-state index is -0.264. The van der Waals surface area contributed by atoms with Crippen LogP contribution in [0.2, 0.25) is 5.72 Å². The molecule has 6 heteroatoms. The molecule has 0 aromatic rings. The average Bonchev–Trinajstić information content (AvgIpc) is 2.58. The summed E-state index contributed by atoms with van der Waals surface area (Å²) in [7, 11) is 0.346. The van der Waals surface area contributed by atoms with Crippen molar-refractivity contribution in [1.29, 1.82) is 0 Å². The van der Waals surface area contributed by atoms with Gasteiger partial charge in [-0.3, -0.25) is 4.89 Å². The highest BCUT2D eigenvalue weighted by atomic mass is 17.2. The van der Waals surface area contributed by atoms with Gasteiger partial charge in [0.05, 0.1) is 17.8 Å². The molecule has 2 heterocycles. The molecular weight excluding hydrogens is 182 g/mol. The smallest absolute Gasteiger partial charge is 0.403 e. The summed E-state index contributed by atoms with van der Waals surface area (Å²) in [6, 6.07) is 0. The predicted molar refractivity (Wildman–Crippen MR) is 54.0 cm³/mol. The van der Waals surface area contributed by atoms with Crippen molar-refractivity contribution in [1.82, 2.24) is 0 Å². The van der Waals surface area contributed by atoms with Gasteiger partial charge in [0.2, 0.25) is 0 Å².